The molecule has 0 aliphatic heterocycles. The molecule has 2 rings (SSSR count). The Morgan fingerprint density at radius 1 is 1.41 bits per heavy atom. The van der Waals surface area contributed by atoms with Gasteiger partial charge in [0.1, 0.15) is 6.04 Å². The zero-order valence-corrected chi connectivity index (χ0v) is 9.93. The quantitative estimate of drug-likeness (QED) is 0.816. The van der Waals surface area contributed by atoms with Gasteiger partial charge < -0.3 is 15.8 Å². The monoisotopic (exact) mass is 234 g/mol. The Labute approximate surface area is 101 Å². The number of benzene rings is 1. The molecule has 1 aromatic carbocycles. The van der Waals surface area contributed by atoms with Crippen molar-refractivity contribution in [2.45, 2.75) is 31.0 Å². The fourth-order valence-electron chi connectivity index (χ4n) is 1.98. The van der Waals surface area contributed by atoms with Crippen molar-refractivity contribution in [1.29, 1.82) is 0 Å². The highest BCUT2D eigenvalue weighted by atomic mass is 16.5. The summed E-state index contributed by atoms with van der Waals surface area (Å²) in [6.45, 7) is 0. The number of nitrogens with one attached hydrogen (secondary N) is 1. The van der Waals surface area contributed by atoms with E-state index in [9.17, 15) is 4.79 Å². The topological polar surface area (TPSA) is 64.3 Å². The van der Waals surface area contributed by atoms with Crippen LogP contribution in [0.15, 0.2) is 30.3 Å². The van der Waals surface area contributed by atoms with Crippen molar-refractivity contribution in [3.8, 4) is 0 Å². The largest absolute Gasteiger partial charge is 0.381 e. The van der Waals surface area contributed by atoms with Crippen molar-refractivity contribution < 1.29 is 9.53 Å². The molecule has 4 nitrogen and oxygen atoms in total. The van der Waals surface area contributed by atoms with Crippen LogP contribution < -0.4 is 11.1 Å². The molecule has 0 radical (unpaired) electrons. The molecule has 0 bridgehead atoms. The third-order valence-corrected chi connectivity index (χ3v) is 3.22. The Bertz CT molecular complexity index is 374. The van der Waals surface area contributed by atoms with Crippen LogP contribution >= 0.6 is 0 Å². The third kappa shape index (κ3) is 2.84. The number of nitrogens with two attached hydrogens (primary N) is 1. The van der Waals surface area contributed by atoms with Gasteiger partial charge in [-0.25, -0.2) is 0 Å². The molecule has 0 aromatic heterocycles. The highest BCUT2D eigenvalue weighted by Gasteiger charge is 2.31. The van der Waals surface area contributed by atoms with E-state index in [-0.39, 0.29) is 18.1 Å². The molecule has 1 amide bonds. The lowest BCUT2D eigenvalue weighted by Crippen LogP contribution is -2.49. The maximum Gasteiger partial charge on any atom is 0.241 e. The highest BCUT2D eigenvalue weighted by Crippen LogP contribution is 2.23. The first-order valence-corrected chi connectivity index (χ1v) is 5.84. The maximum absolute atomic E-state index is 11.9. The lowest BCUT2D eigenvalue weighted by molar-refractivity contribution is -0.124. The van der Waals surface area contributed by atoms with Crippen molar-refractivity contribution in [2.24, 2.45) is 5.73 Å². The Balaban J connectivity index is 1.85. The summed E-state index contributed by atoms with van der Waals surface area (Å²) in [5, 5.41) is 2.93. The van der Waals surface area contributed by atoms with E-state index in [2.05, 4.69) is 5.32 Å². The molecule has 1 aromatic rings. The van der Waals surface area contributed by atoms with E-state index in [0.29, 0.717) is 0 Å². The van der Waals surface area contributed by atoms with Crippen LogP contribution in [0.25, 0.3) is 0 Å². The van der Waals surface area contributed by atoms with Gasteiger partial charge in [-0.2, -0.15) is 0 Å². The summed E-state index contributed by atoms with van der Waals surface area (Å²) < 4.78 is 5.16. The first kappa shape index (κ1) is 12.1. The molecular formula is C13H18N2O2. The molecule has 1 aliphatic rings. The summed E-state index contributed by atoms with van der Waals surface area (Å²) in [5.74, 6) is -0.115. The van der Waals surface area contributed by atoms with Gasteiger partial charge in [0.2, 0.25) is 5.91 Å². The Kier molecular flexibility index (Phi) is 3.76. The van der Waals surface area contributed by atoms with Crippen LogP contribution in [-0.2, 0) is 9.53 Å². The highest BCUT2D eigenvalue weighted by molar-refractivity contribution is 5.83. The van der Waals surface area contributed by atoms with E-state index in [1.807, 2.05) is 30.3 Å². The molecule has 0 heterocycles. The molecule has 0 saturated heterocycles. The average molecular weight is 234 g/mol. The third-order valence-electron chi connectivity index (χ3n) is 3.22. The second-order valence-electron chi connectivity index (χ2n) is 4.42. The SMILES string of the molecule is COC1CC(NC(=O)[C@H](N)c2ccccc2)C1. The van der Waals surface area contributed by atoms with Crippen molar-refractivity contribution in [1.82, 2.24) is 5.32 Å². The van der Waals surface area contributed by atoms with Crippen molar-refractivity contribution in [3.63, 3.8) is 0 Å². The summed E-state index contributed by atoms with van der Waals surface area (Å²) in [7, 11) is 1.69. The van der Waals surface area contributed by atoms with E-state index < -0.39 is 6.04 Å². The summed E-state index contributed by atoms with van der Waals surface area (Å²) in [4.78, 5) is 11.9. The number of amides is 1. The molecule has 17 heavy (non-hydrogen) atoms. The molecule has 1 aliphatic carbocycles. The van der Waals surface area contributed by atoms with Gasteiger partial charge in [-0.15, -0.1) is 0 Å². The molecule has 1 fully saturated rings. The number of hydrogen-bond donors (Lipinski definition) is 2. The Hall–Kier alpha value is -1.39. The number of ether oxygens (including phenoxy) is 1. The number of carbonyl (C=O) groups excluding carboxylic acids is 1. The van der Waals surface area contributed by atoms with E-state index >= 15 is 0 Å². The minimum Gasteiger partial charge on any atom is -0.381 e. The molecule has 1 saturated carbocycles. The molecular weight excluding hydrogens is 216 g/mol. The first-order valence-electron chi connectivity index (χ1n) is 5.84. The van der Waals surface area contributed by atoms with Crippen LogP contribution in [-0.4, -0.2) is 25.2 Å². The first-order chi connectivity index (χ1) is 8.20. The number of rotatable bonds is 4. The Morgan fingerprint density at radius 3 is 2.65 bits per heavy atom. The van der Waals surface area contributed by atoms with Gasteiger partial charge in [0.15, 0.2) is 0 Å². The summed E-state index contributed by atoms with van der Waals surface area (Å²) in [6, 6.07) is 9.02. The molecule has 0 unspecified atom stereocenters. The van der Waals surface area contributed by atoms with Gasteiger partial charge in [0, 0.05) is 13.2 Å². The van der Waals surface area contributed by atoms with Crippen molar-refractivity contribution in [3.05, 3.63) is 35.9 Å². The minimum atomic E-state index is -0.585. The van der Waals surface area contributed by atoms with E-state index in [0.717, 1.165) is 18.4 Å². The Morgan fingerprint density at radius 2 is 2.06 bits per heavy atom. The van der Waals surface area contributed by atoms with Gasteiger partial charge in [-0.1, -0.05) is 30.3 Å². The van der Waals surface area contributed by atoms with Crippen LogP contribution in [0.3, 0.4) is 0 Å². The molecule has 4 heteroatoms. The van der Waals surface area contributed by atoms with Gasteiger partial charge >= 0.3 is 0 Å². The summed E-state index contributed by atoms with van der Waals surface area (Å²) >= 11 is 0. The van der Waals surface area contributed by atoms with Crippen LogP contribution in [0.4, 0.5) is 0 Å². The van der Waals surface area contributed by atoms with Crippen LogP contribution in [0.5, 0.6) is 0 Å². The predicted molar refractivity (Wildman–Crippen MR) is 65.3 cm³/mol. The summed E-state index contributed by atoms with van der Waals surface area (Å²) in [6.07, 6.45) is 2.04. The van der Waals surface area contributed by atoms with Gasteiger partial charge in [0.05, 0.1) is 6.10 Å². The summed E-state index contributed by atoms with van der Waals surface area (Å²) in [5.41, 5.74) is 6.73. The number of methoxy groups -OCH3 is 1. The van der Waals surface area contributed by atoms with Gasteiger partial charge in [0.25, 0.3) is 0 Å². The molecule has 1 atom stereocenters. The zero-order chi connectivity index (χ0) is 12.3. The fraction of sp³-hybridized carbons (Fsp3) is 0.462. The van der Waals surface area contributed by atoms with Crippen LogP contribution in [0, 0.1) is 0 Å². The van der Waals surface area contributed by atoms with Crippen molar-refractivity contribution in [2.75, 3.05) is 7.11 Å². The van der Waals surface area contributed by atoms with E-state index in [4.69, 9.17) is 10.5 Å². The maximum atomic E-state index is 11.9. The van der Waals surface area contributed by atoms with E-state index in [1.54, 1.807) is 7.11 Å². The normalized spacial score (nSPS) is 24.8. The second-order valence-corrected chi connectivity index (χ2v) is 4.42. The molecule has 92 valence electrons. The number of hydrogen-bond acceptors (Lipinski definition) is 3. The molecule has 3 N–H and O–H groups in total. The van der Waals surface area contributed by atoms with Crippen LogP contribution in [0.2, 0.25) is 0 Å². The lowest BCUT2D eigenvalue weighted by atomic mass is 9.89. The average Bonchev–Trinajstić information content (AvgIpc) is 2.33. The zero-order valence-electron chi connectivity index (χ0n) is 9.93. The van der Waals surface area contributed by atoms with Crippen LogP contribution in [0.1, 0.15) is 24.4 Å². The van der Waals surface area contributed by atoms with Gasteiger partial charge in [-0.3, -0.25) is 4.79 Å². The fourth-order valence-corrected chi connectivity index (χ4v) is 1.98. The molecule has 0 spiro atoms. The second kappa shape index (κ2) is 5.29. The van der Waals surface area contributed by atoms with Gasteiger partial charge in [-0.05, 0) is 18.4 Å². The predicted octanol–water partition coefficient (Wildman–Crippen LogP) is 0.980. The lowest BCUT2D eigenvalue weighted by Gasteiger charge is -2.35. The number of carbonyl (C=O) groups is 1. The minimum absolute atomic E-state index is 0.115. The van der Waals surface area contributed by atoms with Crippen molar-refractivity contribution >= 4 is 5.91 Å². The standard InChI is InChI=1S/C13H18N2O2/c1-17-11-7-10(8-11)15-13(16)12(14)9-5-3-2-4-6-9/h2-6,10-12H,7-8,14H2,1H3,(H,15,16)/t10?,11?,12-/m1/s1. The van der Waals surface area contributed by atoms with E-state index in [1.165, 1.54) is 0 Å². The smallest absolute Gasteiger partial charge is 0.241 e.